The molecular formula is C19H26N4O3. The van der Waals surface area contributed by atoms with Crippen molar-refractivity contribution in [2.75, 3.05) is 46.5 Å². The molecule has 2 aromatic rings. The van der Waals surface area contributed by atoms with E-state index in [1.54, 1.807) is 11.1 Å². The molecule has 3 rings (SSSR count). The van der Waals surface area contributed by atoms with Crippen molar-refractivity contribution >= 4 is 5.91 Å². The first-order valence-corrected chi connectivity index (χ1v) is 8.92. The van der Waals surface area contributed by atoms with E-state index in [1.165, 1.54) is 5.56 Å². The van der Waals surface area contributed by atoms with Crippen molar-refractivity contribution in [1.82, 2.24) is 19.4 Å². The Hall–Kier alpha value is -2.38. The second-order valence-corrected chi connectivity index (χ2v) is 6.46. The predicted octanol–water partition coefficient (Wildman–Crippen LogP) is 1.25. The monoisotopic (exact) mass is 358 g/mol. The molecule has 1 aromatic carbocycles. The molecule has 0 radical (unpaired) electrons. The van der Waals surface area contributed by atoms with Gasteiger partial charge >= 0.3 is 0 Å². The average Bonchev–Trinajstić information content (AvgIpc) is 3.20. The summed E-state index contributed by atoms with van der Waals surface area (Å²) in [5.41, 5.74) is 1.21. The fourth-order valence-corrected chi connectivity index (χ4v) is 2.84. The van der Waals surface area contributed by atoms with E-state index in [1.807, 2.05) is 36.8 Å². The molecule has 0 saturated carbocycles. The molecule has 0 atom stereocenters. The van der Waals surface area contributed by atoms with Crippen molar-refractivity contribution < 1.29 is 14.3 Å². The lowest BCUT2D eigenvalue weighted by Gasteiger charge is -2.26. The highest BCUT2D eigenvalue weighted by atomic mass is 16.5. The molecule has 1 fully saturated rings. The summed E-state index contributed by atoms with van der Waals surface area (Å²) in [6, 6.07) is 7.93. The molecule has 1 saturated heterocycles. The van der Waals surface area contributed by atoms with Gasteiger partial charge in [-0.2, -0.15) is 0 Å². The van der Waals surface area contributed by atoms with Crippen molar-refractivity contribution in [3.8, 4) is 5.75 Å². The Kier molecular flexibility index (Phi) is 6.62. The van der Waals surface area contributed by atoms with Gasteiger partial charge in [0.05, 0.1) is 19.5 Å². The third kappa shape index (κ3) is 5.57. The zero-order chi connectivity index (χ0) is 18.2. The number of aromatic nitrogens is 2. The van der Waals surface area contributed by atoms with Crippen molar-refractivity contribution in [2.24, 2.45) is 0 Å². The van der Waals surface area contributed by atoms with Crippen molar-refractivity contribution in [1.29, 1.82) is 0 Å². The summed E-state index contributed by atoms with van der Waals surface area (Å²) >= 11 is 0. The second kappa shape index (κ2) is 9.35. The first-order chi connectivity index (χ1) is 12.7. The van der Waals surface area contributed by atoms with Crippen LogP contribution in [0.4, 0.5) is 0 Å². The molecule has 0 aliphatic carbocycles. The minimum absolute atomic E-state index is 0.0108. The van der Waals surface area contributed by atoms with Crippen molar-refractivity contribution in [3.05, 3.63) is 48.5 Å². The standard InChI is InChI=1S/C19H26N4O3/c1-21(8-9-22-7-6-20-16-22)14-17-2-4-18(5-3-17)26-15-19(24)23-10-12-25-13-11-23/h2-7,16H,8-15H2,1H3. The van der Waals surface area contributed by atoms with Crippen LogP contribution < -0.4 is 4.74 Å². The van der Waals surface area contributed by atoms with E-state index in [-0.39, 0.29) is 12.5 Å². The van der Waals surface area contributed by atoms with E-state index in [9.17, 15) is 4.79 Å². The van der Waals surface area contributed by atoms with Crippen LogP contribution in [0.15, 0.2) is 43.0 Å². The Morgan fingerprint density at radius 1 is 1.27 bits per heavy atom. The van der Waals surface area contributed by atoms with Crippen LogP contribution in [0.3, 0.4) is 0 Å². The second-order valence-electron chi connectivity index (χ2n) is 6.46. The van der Waals surface area contributed by atoms with Crippen LogP contribution >= 0.6 is 0 Å². The zero-order valence-corrected chi connectivity index (χ0v) is 15.2. The lowest BCUT2D eigenvalue weighted by atomic mass is 10.2. The van der Waals surface area contributed by atoms with Gasteiger partial charge in [0.25, 0.3) is 5.91 Å². The summed E-state index contributed by atoms with van der Waals surface area (Å²) in [6.07, 6.45) is 5.60. The Balaban J connectivity index is 1.40. The lowest BCUT2D eigenvalue weighted by Crippen LogP contribution is -2.42. The molecular weight excluding hydrogens is 332 g/mol. The number of amides is 1. The number of imidazole rings is 1. The maximum Gasteiger partial charge on any atom is 0.260 e. The molecule has 140 valence electrons. The molecule has 1 amide bonds. The molecule has 0 bridgehead atoms. The normalized spacial score (nSPS) is 14.6. The number of benzene rings is 1. The summed E-state index contributed by atoms with van der Waals surface area (Å²) < 4.78 is 12.9. The van der Waals surface area contributed by atoms with Gasteiger partial charge in [-0.3, -0.25) is 4.79 Å². The van der Waals surface area contributed by atoms with Gasteiger partial charge in [0.1, 0.15) is 5.75 Å². The number of morpholine rings is 1. The Morgan fingerprint density at radius 2 is 2.04 bits per heavy atom. The SMILES string of the molecule is CN(CCn1ccnc1)Cc1ccc(OCC(=O)N2CCOCC2)cc1. The van der Waals surface area contributed by atoms with Crippen LogP contribution in [0, 0.1) is 0 Å². The molecule has 26 heavy (non-hydrogen) atoms. The van der Waals surface area contributed by atoms with Crippen molar-refractivity contribution in [2.45, 2.75) is 13.1 Å². The quantitative estimate of drug-likeness (QED) is 0.711. The summed E-state index contributed by atoms with van der Waals surface area (Å²) in [4.78, 5) is 20.2. The number of carbonyl (C=O) groups is 1. The van der Waals surface area contributed by atoms with E-state index in [4.69, 9.17) is 9.47 Å². The zero-order valence-electron chi connectivity index (χ0n) is 15.2. The molecule has 1 aliphatic heterocycles. The van der Waals surface area contributed by atoms with Gasteiger partial charge in [0, 0.05) is 45.1 Å². The van der Waals surface area contributed by atoms with Gasteiger partial charge < -0.3 is 23.8 Å². The number of nitrogens with zero attached hydrogens (tertiary/aromatic N) is 4. The summed E-state index contributed by atoms with van der Waals surface area (Å²) in [5, 5.41) is 0. The number of hydrogen-bond donors (Lipinski definition) is 0. The van der Waals surface area contributed by atoms with Crippen LogP contribution in [-0.2, 0) is 22.6 Å². The first-order valence-electron chi connectivity index (χ1n) is 8.92. The van der Waals surface area contributed by atoms with E-state index in [2.05, 4.69) is 21.5 Å². The molecule has 2 heterocycles. The van der Waals surface area contributed by atoms with Crippen LogP contribution in [0.25, 0.3) is 0 Å². The topological polar surface area (TPSA) is 59.8 Å². The van der Waals surface area contributed by atoms with Gasteiger partial charge in [0.15, 0.2) is 6.61 Å². The van der Waals surface area contributed by atoms with Gasteiger partial charge in [-0.1, -0.05) is 12.1 Å². The lowest BCUT2D eigenvalue weighted by molar-refractivity contribution is -0.137. The van der Waals surface area contributed by atoms with Gasteiger partial charge in [0.2, 0.25) is 0 Å². The molecule has 0 N–H and O–H groups in total. The van der Waals surface area contributed by atoms with E-state index in [0.717, 1.165) is 25.4 Å². The molecule has 7 heteroatoms. The molecule has 0 spiro atoms. The third-order valence-corrected chi connectivity index (χ3v) is 4.40. The number of likely N-dealkylation sites (N-methyl/N-ethyl adjacent to an activating group) is 1. The maximum absolute atomic E-state index is 12.1. The Bertz CT molecular complexity index is 667. The maximum atomic E-state index is 12.1. The Labute approximate surface area is 154 Å². The summed E-state index contributed by atoms with van der Waals surface area (Å²) in [5.74, 6) is 0.730. The fourth-order valence-electron chi connectivity index (χ4n) is 2.84. The van der Waals surface area contributed by atoms with Crippen LogP contribution in [0.2, 0.25) is 0 Å². The van der Waals surface area contributed by atoms with Gasteiger partial charge in [-0.25, -0.2) is 4.98 Å². The van der Waals surface area contributed by atoms with Crippen LogP contribution in [-0.4, -0.2) is 71.8 Å². The highest BCUT2D eigenvalue weighted by Crippen LogP contribution is 2.14. The minimum Gasteiger partial charge on any atom is -0.484 e. The summed E-state index contributed by atoms with van der Waals surface area (Å²) in [7, 11) is 2.10. The third-order valence-electron chi connectivity index (χ3n) is 4.40. The fraction of sp³-hybridized carbons (Fsp3) is 0.474. The van der Waals surface area contributed by atoms with E-state index in [0.29, 0.717) is 26.3 Å². The largest absolute Gasteiger partial charge is 0.484 e. The highest BCUT2D eigenvalue weighted by molar-refractivity contribution is 5.77. The number of rotatable bonds is 8. The first kappa shape index (κ1) is 18.4. The van der Waals surface area contributed by atoms with E-state index < -0.39 is 0 Å². The van der Waals surface area contributed by atoms with Gasteiger partial charge in [-0.05, 0) is 24.7 Å². The molecule has 7 nitrogen and oxygen atoms in total. The predicted molar refractivity (Wildman–Crippen MR) is 97.9 cm³/mol. The van der Waals surface area contributed by atoms with Gasteiger partial charge in [-0.15, -0.1) is 0 Å². The van der Waals surface area contributed by atoms with E-state index >= 15 is 0 Å². The van der Waals surface area contributed by atoms with Crippen LogP contribution in [0.1, 0.15) is 5.56 Å². The summed E-state index contributed by atoms with van der Waals surface area (Å²) in [6.45, 7) is 5.30. The minimum atomic E-state index is 0.0108. The van der Waals surface area contributed by atoms with Crippen LogP contribution in [0.5, 0.6) is 5.75 Å². The molecule has 1 aliphatic rings. The number of ether oxygens (including phenoxy) is 2. The Morgan fingerprint density at radius 3 is 2.73 bits per heavy atom. The molecule has 1 aromatic heterocycles. The smallest absolute Gasteiger partial charge is 0.260 e. The number of hydrogen-bond acceptors (Lipinski definition) is 5. The highest BCUT2D eigenvalue weighted by Gasteiger charge is 2.17. The molecule has 0 unspecified atom stereocenters. The number of carbonyl (C=O) groups excluding carboxylic acids is 1. The average molecular weight is 358 g/mol. The van der Waals surface area contributed by atoms with Crippen molar-refractivity contribution in [3.63, 3.8) is 0 Å².